The first kappa shape index (κ1) is 13.4. The molecule has 3 N–H and O–H groups in total. The van der Waals surface area contributed by atoms with E-state index in [1.807, 2.05) is 6.92 Å². The van der Waals surface area contributed by atoms with E-state index in [0.717, 1.165) is 12.8 Å². The number of ketones is 1. The summed E-state index contributed by atoms with van der Waals surface area (Å²) in [6.45, 7) is 1.92. The lowest BCUT2D eigenvalue weighted by Gasteiger charge is -2.15. The summed E-state index contributed by atoms with van der Waals surface area (Å²) >= 11 is 5.42. The highest BCUT2D eigenvalue weighted by Crippen LogP contribution is 2.02. The van der Waals surface area contributed by atoms with Crippen LogP contribution >= 0.6 is 11.6 Å². The number of rotatable bonds is 7. The molecule has 0 aliphatic carbocycles. The van der Waals surface area contributed by atoms with Gasteiger partial charge in [-0.15, -0.1) is 11.6 Å². The zero-order chi connectivity index (χ0) is 11.0. The first-order valence-electron chi connectivity index (χ1n) is 4.73. The van der Waals surface area contributed by atoms with Crippen molar-refractivity contribution in [2.75, 3.05) is 12.4 Å². The van der Waals surface area contributed by atoms with Gasteiger partial charge in [-0.1, -0.05) is 19.8 Å². The minimum atomic E-state index is -0.469. The monoisotopic (exact) mass is 220 g/mol. The minimum Gasteiger partial charge on any atom is -0.345 e. The number of carbonyl (C=O) groups is 2. The number of hydrogen-bond donors (Lipinski definition) is 2. The van der Waals surface area contributed by atoms with Crippen LogP contribution in [0.3, 0.4) is 0 Å². The number of alkyl halides is 1. The summed E-state index contributed by atoms with van der Waals surface area (Å²) < 4.78 is 0. The molecule has 0 bridgehead atoms. The highest BCUT2D eigenvalue weighted by molar-refractivity contribution is 6.28. The summed E-state index contributed by atoms with van der Waals surface area (Å²) in [5.74, 6) is -0.536. The molecule has 0 aromatic carbocycles. The second-order valence-electron chi connectivity index (χ2n) is 3.07. The number of unbranched alkanes of at least 4 members (excludes halogenated alkanes) is 1. The van der Waals surface area contributed by atoms with E-state index in [1.165, 1.54) is 0 Å². The van der Waals surface area contributed by atoms with Gasteiger partial charge >= 0.3 is 0 Å². The SMILES string of the molecule is CCCCC(NC(=O)CN)C(=O)CCl. The van der Waals surface area contributed by atoms with E-state index in [-0.39, 0.29) is 24.1 Å². The molecule has 0 aliphatic rings. The average Bonchev–Trinajstić information content (AvgIpc) is 2.22. The molecule has 5 heteroatoms. The van der Waals surface area contributed by atoms with Gasteiger partial charge in [0.25, 0.3) is 0 Å². The number of carbonyl (C=O) groups excluding carboxylic acids is 2. The highest BCUT2D eigenvalue weighted by Gasteiger charge is 2.18. The fraction of sp³-hybridized carbons (Fsp3) is 0.778. The van der Waals surface area contributed by atoms with E-state index >= 15 is 0 Å². The van der Waals surface area contributed by atoms with Gasteiger partial charge in [0.1, 0.15) is 0 Å². The van der Waals surface area contributed by atoms with E-state index in [4.69, 9.17) is 17.3 Å². The lowest BCUT2D eigenvalue weighted by atomic mass is 10.1. The molecule has 14 heavy (non-hydrogen) atoms. The smallest absolute Gasteiger partial charge is 0.234 e. The van der Waals surface area contributed by atoms with E-state index in [2.05, 4.69) is 5.32 Å². The van der Waals surface area contributed by atoms with Crippen LogP contribution < -0.4 is 11.1 Å². The molecule has 0 spiro atoms. The lowest BCUT2D eigenvalue weighted by molar-refractivity contribution is -0.126. The molecule has 1 unspecified atom stereocenters. The molecular weight excluding hydrogens is 204 g/mol. The number of amides is 1. The van der Waals surface area contributed by atoms with Crippen molar-refractivity contribution in [1.82, 2.24) is 5.32 Å². The molecule has 0 heterocycles. The summed E-state index contributed by atoms with van der Waals surface area (Å²) in [5, 5.41) is 2.55. The third kappa shape index (κ3) is 5.19. The molecule has 0 aliphatic heterocycles. The van der Waals surface area contributed by atoms with Crippen LogP contribution in [0.1, 0.15) is 26.2 Å². The van der Waals surface area contributed by atoms with E-state index in [0.29, 0.717) is 6.42 Å². The number of Topliss-reactive ketones (excluding diaryl/α,β-unsaturated/α-hetero) is 1. The topological polar surface area (TPSA) is 72.2 Å². The second kappa shape index (κ2) is 7.76. The Bertz CT molecular complexity index is 197. The van der Waals surface area contributed by atoms with Crippen molar-refractivity contribution in [3.63, 3.8) is 0 Å². The maximum atomic E-state index is 11.3. The van der Waals surface area contributed by atoms with Crippen molar-refractivity contribution < 1.29 is 9.59 Å². The molecule has 0 saturated heterocycles. The Labute approximate surface area is 89.2 Å². The molecule has 0 radical (unpaired) electrons. The van der Waals surface area contributed by atoms with Crippen LogP contribution in [0.4, 0.5) is 0 Å². The fourth-order valence-electron chi connectivity index (χ4n) is 1.07. The van der Waals surface area contributed by atoms with Crippen LogP contribution in [0.25, 0.3) is 0 Å². The Morgan fingerprint density at radius 2 is 2.14 bits per heavy atom. The van der Waals surface area contributed by atoms with Crippen LogP contribution in [-0.4, -0.2) is 30.2 Å². The lowest BCUT2D eigenvalue weighted by Crippen LogP contribution is -2.44. The fourth-order valence-corrected chi connectivity index (χ4v) is 1.25. The van der Waals surface area contributed by atoms with Crippen LogP contribution in [0, 0.1) is 0 Å². The van der Waals surface area contributed by atoms with Crippen LogP contribution in [0.15, 0.2) is 0 Å². The molecule has 1 atom stereocenters. The highest BCUT2D eigenvalue weighted by atomic mass is 35.5. The molecule has 0 fully saturated rings. The third-order valence-electron chi connectivity index (χ3n) is 1.89. The Hall–Kier alpha value is -0.610. The van der Waals surface area contributed by atoms with Crippen molar-refractivity contribution in [1.29, 1.82) is 0 Å². The standard InChI is InChI=1S/C9H17ClN2O2/c1-2-3-4-7(8(13)5-10)12-9(14)6-11/h7H,2-6,11H2,1H3,(H,12,14). The summed E-state index contributed by atoms with van der Waals surface area (Å²) in [6, 6.07) is -0.469. The third-order valence-corrected chi connectivity index (χ3v) is 2.15. The Morgan fingerprint density at radius 3 is 2.57 bits per heavy atom. The quantitative estimate of drug-likeness (QED) is 0.611. The summed E-state index contributed by atoms with van der Waals surface area (Å²) in [7, 11) is 0. The summed E-state index contributed by atoms with van der Waals surface area (Å²) in [4.78, 5) is 22.3. The molecule has 82 valence electrons. The van der Waals surface area contributed by atoms with Gasteiger partial charge in [0.2, 0.25) is 5.91 Å². The van der Waals surface area contributed by atoms with Crippen molar-refractivity contribution in [3.8, 4) is 0 Å². The normalized spacial score (nSPS) is 12.2. The van der Waals surface area contributed by atoms with Crippen molar-refractivity contribution in [2.24, 2.45) is 5.73 Å². The van der Waals surface area contributed by atoms with Gasteiger partial charge in [0.05, 0.1) is 18.5 Å². The number of halogens is 1. The molecule has 1 amide bonds. The van der Waals surface area contributed by atoms with Crippen molar-refractivity contribution >= 4 is 23.3 Å². The Kier molecular flexibility index (Phi) is 7.42. The first-order valence-corrected chi connectivity index (χ1v) is 5.27. The summed E-state index contributed by atoms with van der Waals surface area (Å²) in [5.41, 5.74) is 5.13. The molecule has 0 aromatic rings. The number of hydrogen-bond acceptors (Lipinski definition) is 3. The first-order chi connectivity index (χ1) is 6.65. The molecule has 0 aromatic heterocycles. The van der Waals surface area contributed by atoms with E-state index < -0.39 is 6.04 Å². The largest absolute Gasteiger partial charge is 0.345 e. The second-order valence-corrected chi connectivity index (χ2v) is 3.33. The zero-order valence-electron chi connectivity index (χ0n) is 8.38. The van der Waals surface area contributed by atoms with Crippen LogP contribution in [0.2, 0.25) is 0 Å². The maximum Gasteiger partial charge on any atom is 0.234 e. The number of nitrogens with two attached hydrogens (primary N) is 1. The van der Waals surface area contributed by atoms with Crippen molar-refractivity contribution in [2.45, 2.75) is 32.2 Å². The Balaban J connectivity index is 4.09. The average molecular weight is 221 g/mol. The predicted octanol–water partition coefficient (Wildman–Crippen LogP) is 0.428. The summed E-state index contributed by atoms with van der Waals surface area (Å²) in [6.07, 6.45) is 2.50. The van der Waals surface area contributed by atoms with Crippen LogP contribution in [0.5, 0.6) is 0 Å². The van der Waals surface area contributed by atoms with Gasteiger partial charge in [-0.25, -0.2) is 0 Å². The predicted molar refractivity (Wildman–Crippen MR) is 56.2 cm³/mol. The van der Waals surface area contributed by atoms with E-state index in [9.17, 15) is 9.59 Å². The van der Waals surface area contributed by atoms with Gasteiger partial charge in [0, 0.05) is 0 Å². The van der Waals surface area contributed by atoms with E-state index in [1.54, 1.807) is 0 Å². The molecular formula is C9H17ClN2O2. The van der Waals surface area contributed by atoms with Crippen molar-refractivity contribution in [3.05, 3.63) is 0 Å². The molecule has 4 nitrogen and oxygen atoms in total. The molecule has 0 saturated carbocycles. The molecule has 0 rings (SSSR count). The van der Waals surface area contributed by atoms with Gasteiger partial charge in [-0.3, -0.25) is 9.59 Å². The number of nitrogens with one attached hydrogen (secondary N) is 1. The van der Waals surface area contributed by atoms with Gasteiger partial charge in [-0.2, -0.15) is 0 Å². The van der Waals surface area contributed by atoms with Gasteiger partial charge < -0.3 is 11.1 Å². The maximum absolute atomic E-state index is 11.3. The van der Waals surface area contributed by atoms with Crippen LogP contribution in [-0.2, 0) is 9.59 Å². The zero-order valence-corrected chi connectivity index (χ0v) is 9.14. The minimum absolute atomic E-state index is 0.0702. The Morgan fingerprint density at radius 1 is 1.50 bits per heavy atom. The van der Waals surface area contributed by atoms with Gasteiger partial charge in [-0.05, 0) is 6.42 Å². The van der Waals surface area contributed by atoms with Gasteiger partial charge in [0.15, 0.2) is 5.78 Å².